The predicted octanol–water partition coefficient (Wildman–Crippen LogP) is 1.49. The van der Waals surface area contributed by atoms with E-state index in [2.05, 4.69) is 40.3 Å². The van der Waals surface area contributed by atoms with E-state index in [1.54, 1.807) is 5.48 Å². The number of H-pyrrole nitrogens is 1. The van der Waals surface area contributed by atoms with Crippen LogP contribution in [0.1, 0.15) is 37.1 Å². The number of hydrogen-bond donors (Lipinski definition) is 4. The molecule has 7 nitrogen and oxygen atoms in total. The molecule has 1 aliphatic heterocycles. The molecule has 1 atom stereocenters. The first kappa shape index (κ1) is 17.4. The first-order valence-corrected chi connectivity index (χ1v) is 8.63. The molecule has 1 aromatic heterocycles. The van der Waals surface area contributed by atoms with Gasteiger partial charge >= 0.3 is 0 Å². The Morgan fingerprint density at radius 3 is 2.92 bits per heavy atom. The summed E-state index contributed by atoms with van der Waals surface area (Å²) in [5.74, 6) is -0.485. The Morgan fingerprint density at radius 2 is 2.12 bits per heavy atom. The minimum atomic E-state index is -0.440. The molecule has 1 aliphatic rings. The Bertz CT molecular complexity index is 771. The van der Waals surface area contributed by atoms with Gasteiger partial charge in [-0.2, -0.15) is 0 Å². The molecule has 2 heterocycles. The first-order valence-electron chi connectivity index (χ1n) is 8.63. The standard InChI is InChI=1S/C18H24N4O3/c1-12-18-14(13-5-2-3-6-15(13)20-18)8-10-22(12)11-17(24)19-9-4-7-16(23)21-25/h2-3,5-6,12,20,25H,4,7-11H2,1H3,(H,19,24)(H,21,23). The van der Waals surface area contributed by atoms with E-state index in [9.17, 15) is 9.59 Å². The normalized spacial score (nSPS) is 17.3. The molecule has 1 aromatic carbocycles. The number of fused-ring (bicyclic) bond motifs is 3. The molecule has 3 rings (SSSR count). The van der Waals surface area contributed by atoms with Crippen molar-refractivity contribution < 1.29 is 14.8 Å². The van der Waals surface area contributed by atoms with Crippen molar-refractivity contribution in [2.45, 2.75) is 32.2 Å². The summed E-state index contributed by atoms with van der Waals surface area (Å²) in [4.78, 5) is 28.7. The highest BCUT2D eigenvalue weighted by molar-refractivity contribution is 5.85. The number of rotatable bonds is 6. The Morgan fingerprint density at radius 1 is 1.32 bits per heavy atom. The highest BCUT2D eigenvalue weighted by Crippen LogP contribution is 2.33. The third-order valence-electron chi connectivity index (χ3n) is 4.84. The van der Waals surface area contributed by atoms with Crippen molar-refractivity contribution in [1.82, 2.24) is 20.7 Å². The molecule has 2 amide bonds. The van der Waals surface area contributed by atoms with Crippen LogP contribution in [-0.4, -0.2) is 46.5 Å². The van der Waals surface area contributed by atoms with Crippen molar-refractivity contribution in [1.29, 1.82) is 0 Å². The van der Waals surface area contributed by atoms with Crippen LogP contribution in [0.4, 0.5) is 0 Å². The summed E-state index contributed by atoms with van der Waals surface area (Å²) in [5.41, 5.74) is 5.28. The van der Waals surface area contributed by atoms with Crippen molar-refractivity contribution in [3.8, 4) is 0 Å². The maximum atomic E-state index is 12.1. The van der Waals surface area contributed by atoms with Gasteiger partial charge in [-0.3, -0.25) is 19.7 Å². The number of nitrogens with zero attached hydrogens (tertiary/aromatic N) is 1. The maximum absolute atomic E-state index is 12.1. The van der Waals surface area contributed by atoms with E-state index in [1.165, 1.54) is 16.6 Å². The second kappa shape index (κ2) is 7.67. The molecule has 0 saturated heterocycles. The van der Waals surface area contributed by atoms with Crippen LogP contribution in [0.3, 0.4) is 0 Å². The number of hydroxylamine groups is 1. The van der Waals surface area contributed by atoms with Gasteiger partial charge in [-0.1, -0.05) is 18.2 Å². The number of benzene rings is 1. The second-order valence-corrected chi connectivity index (χ2v) is 6.45. The highest BCUT2D eigenvalue weighted by Gasteiger charge is 2.28. The lowest BCUT2D eigenvalue weighted by molar-refractivity contribution is -0.129. The second-order valence-electron chi connectivity index (χ2n) is 6.45. The lowest BCUT2D eigenvalue weighted by Gasteiger charge is -2.32. The van der Waals surface area contributed by atoms with Gasteiger partial charge in [-0.15, -0.1) is 0 Å². The predicted molar refractivity (Wildman–Crippen MR) is 94.2 cm³/mol. The number of aromatic nitrogens is 1. The zero-order valence-corrected chi connectivity index (χ0v) is 14.3. The fraction of sp³-hybridized carbons (Fsp3) is 0.444. The smallest absolute Gasteiger partial charge is 0.243 e. The molecule has 0 fully saturated rings. The van der Waals surface area contributed by atoms with E-state index in [-0.39, 0.29) is 18.4 Å². The largest absolute Gasteiger partial charge is 0.357 e. The van der Waals surface area contributed by atoms with E-state index in [0.29, 0.717) is 19.5 Å². The number of para-hydroxylation sites is 1. The lowest BCUT2D eigenvalue weighted by atomic mass is 9.98. The summed E-state index contributed by atoms with van der Waals surface area (Å²) in [6.45, 7) is 3.72. The van der Waals surface area contributed by atoms with E-state index >= 15 is 0 Å². The van der Waals surface area contributed by atoms with Crippen LogP contribution in [0.15, 0.2) is 24.3 Å². The summed E-state index contributed by atoms with van der Waals surface area (Å²) in [7, 11) is 0. The fourth-order valence-corrected chi connectivity index (χ4v) is 3.47. The quantitative estimate of drug-likeness (QED) is 0.363. The molecule has 0 saturated carbocycles. The molecule has 4 N–H and O–H groups in total. The van der Waals surface area contributed by atoms with Crippen LogP contribution in [0, 0.1) is 0 Å². The summed E-state index contributed by atoms with van der Waals surface area (Å²) in [6.07, 6.45) is 1.61. The van der Waals surface area contributed by atoms with Gasteiger partial charge in [0.2, 0.25) is 11.8 Å². The SMILES string of the molecule is CC1c2[nH]c3ccccc3c2CCN1CC(=O)NCCCC(=O)NO. The van der Waals surface area contributed by atoms with E-state index in [4.69, 9.17) is 5.21 Å². The van der Waals surface area contributed by atoms with Gasteiger partial charge in [0.25, 0.3) is 0 Å². The fourth-order valence-electron chi connectivity index (χ4n) is 3.47. The zero-order chi connectivity index (χ0) is 17.8. The van der Waals surface area contributed by atoms with Crippen LogP contribution in [0.2, 0.25) is 0 Å². The van der Waals surface area contributed by atoms with Gasteiger partial charge in [-0.25, -0.2) is 5.48 Å². The van der Waals surface area contributed by atoms with Crippen LogP contribution in [0.5, 0.6) is 0 Å². The molecule has 0 aliphatic carbocycles. The molecule has 2 aromatic rings. The number of nitrogens with one attached hydrogen (secondary N) is 3. The van der Waals surface area contributed by atoms with Crippen molar-refractivity contribution in [2.75, 3.05) is 19.6 Å². The third kappa shape index (κ3) is 3.83. The number of hydrogen-bond acceptors (Lipinski definition) is 4. The highest BCUT2D eigenvalue weighted by atomic mass is 16.5. The molecule has 7 heteroatoms. The average Bonchev–Trinajstić information content (AvgIpc) is 3.00. The summed E-state index contributed by atoms with van der Waals surface area (Å²) in [6, 6.07) is 8.46. The van der Waals surface area contributed by atoms with Crippen LogP contribution in [-0.2, 0) is 16.0 Å². The number of amides is 2. The van der Waals surface area contributed by atoms with Crippen molar-refractivity contribution in [3.05, 3.63) is 35.5 Å². The summed E-state index contributed by atoms with van der Waals surface area (Å²) < 4.78 is 0. The van der Waals surface area contributed by atoms with Gasteiger partial charge in [0.1, 0.15) is 0 Å². The van der Waals surface area contributed by atoms with Gasteiger partial charge in [0, 0.05) is 42.1 Å². The molecule has 1 unspecified atom stereocenters. The molecule has 0 spiro atoms. The molecule has 0 bridgehead atoms. The van der Waals surface area contributed by atoms with E-state index in [0.717, 1.165) is 18.5 Å². The monoisotopic (exact) mass is 344 g/mol. The van der Waals surface area contributed by atoms with Crippen molar-refractivity contribution in [3.63, 3.8) is 0 Å². The van der Waals surface area contributed by atoms with E-state index in [1.807, 2.05) is 6.07 Å². The van der Waals surface area contributed by atoms with Gasteiger partial charge in [0.05, 0.1) is 6.54 Å². The van der Waals surface area contributed by atoms with Crippen molar-refractivity contribution in [2.24, 2.45) is 0 Å². The summed E-state index contributed by atoms with van der Waals surface area (Å²) >= 11 is 0. The molecular formula is C18H24N4O3. The third-order valence-corrected chi connectivity index (χ3v) is 4.84. The Kier molecular flexibility index (Phi) is 5.35. The molecular weight excluding hydrogens is 320 g/mol. The van der Waals surface area contributed by atoms with Crippen LogP contribution in [0.25, 0.3) is 10.9 Å². The molecule has 134 valence electrons. The Labute approximate surface area is 146 Å². The minimum Gasteiger partial charge on any atom is -0.357 e. The molecule has 25 heavy (non-hydrogen) atoms. The van der Waals surface area contributed by atoms with Crippen LogP contribution >= 0.6 is 0 Å². The van der Waals surface area contributed by atoms with Gasteiger partial charge in [-0.05, 0) is 31.4 Å². The van der Waals surface area contributed by atoms with Gasteiger partial charge in [0.15, 0.2) is 0 Å². The number of aromatic amines is 1. The Hall–Kier alpha value is -2.38. The number of carbonyl (C=O) groups is 2. The zero-order valence-electron chi connectivity index (χ0n) is 14.3. The molecule has 0 radical (unpaired) electrons. The van der Waals surface area contributed by atoms with E-state index < -0.39 is 5.91 Å². The summed E-state index contributed by atoms with van der Waals surface area (Å²) in [5, 5.41) is 12.5. The number of carbonyl (C=O) groups excluding carboxylic acids is 2. The van der Waals surface area contributed by atoms with Crippen LogP contribution < -0.4 is 10.8 Å². The first-order chi connectivity index (χ1) is 12.1. The van der Waals surface area contributed by atoms with Gasteiger partial charge < -0.3 is 10.3 Å². The lowest BCUT2D eigenvalue weighted by Crippen LogP contribution is -2.42. The van der Waals surface area contributed by atoms with Crippen molar-refractivity contribution >= 4 is 22.7 Å². The minimum absolute atomic E-state index is 0.0455. The average molecular weight is 344 g/mol. The Balaban J connectivity index is 1.56. The maximum Gasteiger partial charge on any atom is 0.243 e. The topological polar surface area (TPSA) is 97.5 Å².